The van der Waals surface area contributed by atoms with Gasteiger partial charge in [-0.2, -0.15) is 0 Å². The summed E-state index contributed by atoms with van der Waals surface area (Å²) in [6.45, 7) is 13.3. The second-order valence-corrected chi connectivity index (χ2v) is 12.7. The molecule has 0 aliphatic heterocycles. The van der Waals surface area contributed by atoms with Gasteiger partial charge in [0.05, 0.1) is 164 Å². The number of carboxylic acid groups (broad SMARTS) is 1. The smallest absolute Gasteiger partial charge is 0.307 e. The second-order valence-electron chi connectivity index (χ2n) is 12.7. The first-order chi connectivity index (χ1) is 28.1. The molecule has 2 amide bonds. The van der Waals surface area contributed by atoms with Crippen molar-refractivity contribution < 1.29 is 85.9 Å². The first kappa shape index (κ1) is 55.3. The summed E-state index contributed by atoms with van der Waals surface area (Å²) in [6.07, 6.45) is -0.870. The van der Waals surface area contributed by atoms with Gasteiger partial charge in [0.15, 0.2) is 5.78 Å². The van der Waals surface area contributed by atoms with Gasteiger partial charge < -0.3 is 73.0 Å². The lowest BCUT2D eigenvalue weighted by Crippen LogP contribution is -2.42. The molecule has 0 aromatic carbocycles. The molecule has 0 aromatic rings. The maximum absolute atomic E-state index is 12.4. The number of Topliss-reactive ketones (excluding diaryl/α,β-unsaturated/α-hetero) is 2. The Morgan fingerprint density at radius 1 is 0.483 bits per heavy atom. The Kier molecular flexibility index (Phi) is 39.1. The van der Waals surface area contributed by atoms with Gasteiger partial charge in [0.25, 0.3) is 0 Å². The number of hydrogen-bond donors (Lipinski definition) is 3. The van der Waals surface area contributed by atoms with Crippen LogP contribution in [0.25, 0.3) is 0 Å². The Morgan fingerprint density at radius 2 is 0.793 bits per heavy atom. The maximum atomic E-state index is 12.4. The third-order valence-electron chi connectivity index (χ3n) is 7.74. The number of carbonyl (C=O) groups excluding carboxylic acids is 4. The minimum absolute atomic E-state index is 0.0471. The van der Waals surface area contributed by atoms with Crippen LogP contribution in [0.4, 0.5) is 0 Å². The van der Waals surface area contributed by atoms with Crippen molar-refractivity contribution >= 4 is 29.4 Å². The minimum Gasteiger partial charge on any atom is -0.481 e. The number of aliphatic carboxylic acids is 1. The number of carbonyl (C=O) groups is 5. The third-order valence-corrected chi connectivity index (χ3v) is 7.74. The molecule has 0 saturated heterocycles. The van der Waals surface area contributed by atoms with E-state index < -0.39 is 54.3 Å². The molecule has 0 fully saturated rings. The SMILES string of the molecule is COCCOCCOCCOCCOCCOCCOCCOCCOCCOCCOCCOCCC(=O)C[C@@H](C)C(=O)N[C@@H](C)C(=O)C[C@@H](CC(N)=O)C(=O)O. The fourth-order valence-corrected chi connectivity index (χ4v) is 4.51. The standard InChI is InChI=1S/C38H70N2O18/c1-31(37(44)40-32(2)35(42)29-33(38(45)46)30-36(39)43)28-34(41)4-5-48-8-9-50-12-13-52-16-17-54-20-21-56-24-25-58-27-26-57-23-22-55-19-18-53-15-14-51-11-10-49-7-6-47-3/h31-33H,4-30H2,1-3H3,(H2,39,43)(H,40,44)(H,45,46)/t31-,32+,33+/m1/s1. The normalized spacial score (nSPS) is 12.9. The number of ketones is 2. The van der Waals surface area contributed by atoms with Crippen LogP contribution in [0.15, 0.2) is 0 Å². The highest BCUT2D eigenvalue weighted by molar-refractivity contribution is 5.93. The van der Waals surface area contributed by atoms with Crippen LogP contribution < -0.4 is 11.1 Å². The zero-order valence-corrected chi connectivity index (χ0v) is 34.8. The van der Waals surface area contributed by atoms with Crippen molar-refractivity contribution in [2.75, 3.05) is 159 Å². The number of nitrogens with two attached hydrogens (primary N) is 1. The largest absolute Gasteiger partial charge is 0.481 e. The molecule has 20 heteroatoms. The molecular formula is C38H70N2O18. The van der Waals surface area contributed by atoms with Crippen molar-refractivity contribution in [1.29, 1.82) is 0 Å². The number of hydrogen-bond acceptors (Lipinski definition) is 17. The van der Waals surface area contributed by atoms with Gasteiger partial charge in [0, 0.05) is 38.7 Å². The number of nitrogens with one attached hydrogen (secondary N) is 1. The number of primary amides is 1. The molecule has 0 radical (unpaired) electrons. The van der Waals surface area contributed by atoms with Crippen LogP contribution in [0.3, 0.4) is 0 Å². The summed E-state index contributed by atoms with van der Waals surface area (Å²) in [6, 6.07) is -0.987. The molecule has 0 aromatic heterocycles. The molecule has 58 heavy (non-hydrogen) atoms. The summed E-state index contributed by atoms with van der Waals surface area (Å²) in [5, 5.41) is 11.7. The average molecular weight is 843 g/mol. The van der Waals surface area contributed by atoms with E-state index in [1.807, 2.05) is 0 Å². The number of rotatable bonds is 46. The Bertz CT molecular complexity index is 1040. The van der Waals surface area contributed by atoms with E-state index in [9.17, 15) is 24.0 Å². The summed E-state index contributed by atoms with van der Waals surface area (Å²) in [5.74, 6) is -5.39. The summed E-state index contributed by atoms with van der Waals surface area (Å²) in [7, 11) is 1.63. The number of carboxylic acids is 1. The van der Waals surface area contributed by atoms with Gasteiger partial charge in [-0.25, -0.2) is 0 Å². The lowest BCUT2D eigenvalue weighted by molar-refractivity contribution is -0.145. The van der Waals surface area contributed by atoms with Gasteiger partial charge in [0.2, 0.25) is 11.8 Å². The average Bonchev–Trinajstić information content (AvgIpc) is 3.18. The van der Waals surface area contributed by atoms with Crippen LogP contribution >= 0.6 is 0 Å². The highest BCUT2D eigenvalue weighted by atomic mass is 16.6. The molecule has 0 saturated carbocycles. The lowest BCUT2D eigenvalue weighted by atomic mass is 9.95. The molecule has 0 spiro atoms. The monoisotopic (exact) mass is 842 g/mol. The van der Waals surface area contributed by atoms with Gasteiger partial charge in [-0.15, -0.1) is 0 Å². The minimum atomic E-state index is -1.32. The fraction of sp³-hybridized carbons (Fsp3) is 0.868. The van der Waals surface area contributed by atoms with Crippen LogP contribution in [0.5, 0.6) is 0 Å². The Balaban J connectivity index is 3.44. The molecule has 0 rings (SSSR count). The summed E-state index contributed by atoms with van der Waals surface area (Å²) in [5.41, 5.74) is 5.04. The van der Waals surface area contributed by atoms with E-state index in [0.29, 0.717) is 139 Å². The quantitative estimate of drug-likeness (QED) is 0.0673. The Labute approximate surface area is 342 Å². The molecule has 340 valence electrons. The predicted molar refractivity (Wildman–Crippen MR) is 206 cm³/mol. The van der Waals surface area contributed by atoms with Gasteiger partial charge in [-0.3, -0.25) is 24.0 Å². The van der Waals surface area contributed by atoms with Crippen molar-refractivity contribution in [3.63, 3.8) is 0 Å². The molecule has 0 unspecified atom stereocenters. The van der Waals surface area contributed by atoms with E-state index in [2.05, 4.69) is 5.32 Å². The lowest BCUT2D eigenvalue weighted by Gasteiger charge is -2.18. The molecular weight excluding hydrogens is 772 g/mol. The molecule has 20 nitrogen and oxygen atoms in total. The van der Waals surface area contributed by atoms with E-state index in [0.717, 1.165) is 0 Å². The van der Waals surface area contributed by atoms with E-state index in [4.69, 9.17) is 67.7 Å². The first-order valence-corrected chi connectivity index (χ1v) is 19.8. The van der Waals surface area contributed by atoms with E-state index in [-0.39, 0.29) is 31.8 Å². The topological polar surface area (TPSA) is 254 Å². The van der Waals surface area contributed by atoms with Gasteiger partial charge in [-0.1, -0.05) is 6.92 Å². The summed E-state index contributed by atoms with van der Waals surface area (Å²) < 4.78 is 64.6. The van der Waals surface area contributed by atoms with Crippen molar-refractivity contribution in [3.05, 3.63) is 0 Å². The molecule has 0 aliphatic rings. The number of ether oxygens (including phenoxy) is 12. The van der Waals surface area contributed by atoms with Gasteiger partial charge in [0.1, 0.15) is 5.78 Å². The summed E-state index contributed by atoms with van der Waals surface area (Å²) >= 11 is 0. The maximum Gasteiger partial charge on any atom is 0.307 e. The van der Waals surface area contributed by atoms with E-state index >= 15 is 0 Å². The highest BCUT2D eigenvalue weighted by Gasteiger charge is 2.27. The highest BCUT2D eigenvalue weighted by Crippen LogP contribution is 2.12. The number of methoxy groups -OCH3 is 1. The van der Waals surface area contributed by atoms with Gasteiger partial charge in [-0.05, 0) is 6.92 Å². The zero-order chi connectivity index (χ0) is 42.9. The van der Waals surface area contributed by atoms with Crippen LogP contribution in [-0.4, -0.2) is 200 Å². The Morgan fingerprint density at radius 3 is 1.09 bits per heavy atom. The molecule has 3 atom stereocenters. The van der Waals surface area contributed by atoms with E-state index in [1.54, 1.807) is 14.0 Å². The van der Waals surface area contributed by atoms with Crippen molar-refractivity contribution in [1.82, 2.24) is 5.32 Å². The van der Waals surface area contributed by atoms with Crippen LogP contribution in [0.1, 0.15) is 39.5 Å². The van der Waals surface area contributed by atoms with Crippen molar-refractivity contribution in [2.24, 2.45) is 17.6 Å². The summed E-state index contributed by atoms with van der Waals surface area (Å²) in [4.78, 5) is 59.3. The first-order valence-electron chi connectivity index (χ1n) is 19.8. The third kappa shape index (κ3) is 37.5. The molecule has 0 bridgehead atoms. The number of amides is 2. The molecule has 0 heterocycles. The fourth-order valence-electron chi connectivity index (χ4n) is 4.51. The van der Waals surface area contributed by atoms with Crippen LogP contribution in [-0.2, 0) is 80.8 Å². The van der Waals surface area contributed by atoms with Crippen LogP contribution in [0.2, 0.25) is 0 Å². The van der Waals surface area contributed by atoms with E-state index in [1.165, 1.54) is 6.92 Å². The van der Waals surface area contributed by atoms with Crippen LogP contribution in [0, 0.1) is 11.8 Å². The van der Waals surface area contributed by atoms with Crippen molar-refractivity contribution in [3.8, 4) is 0 Å². The second kappa shape index (κ2) is 41.0. The van der Waals surface area contributed by atoms with Gasteiger partial charge >= 0.3 is 5.97 Å². The Hall–Kier alpha value is -2.73. The van der Waals surface area contributed by atoms with Crippen molar-refractivity contribution in [2.45, 2.75) is 45.6 Å². The zero-order valence-electron chi connectivity index (χ0n) is 34.8. The molecule has 0 aliphatic carbocycles. The molecule has 4 N–H and O–H groups in total. The predicted octanol–water partition coefficient (Wildman–Crippen LogP) is -0.159.